The summed E-state index contributed by atoms with van der Waals surface area (Å²) in [6.07, 6.45) is 2.06. The Bertz CT molecular complexity index is 1440. The van der Waals surface area contributed by atoms with E-state index in [1.54, 1.807) is 53.4 Å². The van der Waals surface area contributed by atoms with E-state index in [9.17, 15) is 14.4 Å². The molecule has 6 nitrogen and oxygen atoms in total. The van der Waals surface area contributed by atoms with Gasteiger partial charge in [-0.2, -0.15) is 0 Å². The Morgan fingerprint density at radius 2 is 1.63 bits per heavy atom. The van der Waals surface area contributed by atoms with Crippen LogP contribution < -0.4 is 14.5 Å². The molecule has 0 radical (unpaired) electrons. The van der Waals surface area contributed by atoms with Gasteiger partial charge >= 0.3 is 0 Å². The van der Waals surface area contributed by atoms with Crippen molar-refractivity contribution in [2.24, 2.45) is 5.92 Å². The van der Waals surface area contributed by atoms with Gasteiger partial charge in [-0.05, 0) is 61.4 Å². The first kappa shape index (κ1) is 21.8. The average Bonchev–Trinajstić information content (AvgIpc) is 3.29. The maximum absolute atomic E-state index is 14.5. The average molecular weight is 529 g/mol. The van der Waals surface area contributed by atoms with Crippen molar-refractivity contribution in [2.75, 3.05) is 9.80 Å². The number of nitrogens with zero attached hydrogens (tertiary/aromatic N) is 2. The maximum Gasteiger partial charge on any atom is 0.261 e. The third-order valence-corrected chi connectivity index (χ3v) is 7.57. The van der Waals surface area contributed by atoms with Gasteiger partial charge in [0.1, 0.15) is 11.7 Å². The smallest absolute Gasteiger partial charge is 0.261 e. The first-order valence-corrected chi connectivity index (χ1v) is 12.1. The van der Waals surface area contributed by atoms with Crippen LogP contribution in [-0.4, -0.2) is 29.4 Å². The topological polar surface area (TPSA) is 66.9 Å². The SMILES string of the molecule is Cc1cccc(C)c1N1C(=O)C2(C=CC(=O)N2c2cccc(Br)c2)C2C(=O)c3ccccc3OC21. The van der Waals surface area contributed by atoms with Crippen LogP contribution in [-0.2, 0) is 9.59 Å². The number of hydrogen-bond donors (Lipinski definition) is 0. The minimum atomic E-state index is -1.55. The highest BCUT2D eigenvalue weighted by atomic mass is 79.9. The molecule has 0 bridgehead atoms. The van der Waals surface area contributed by atoms with Gasteiger partial charge in [0.25, 0.3) is 11.8 Å². The van der Waals surface area contributed by atoms with Gasteiger partial charge in [0, 0.05) is 16.2 Å². The summed E-state index contributed by atoms with van der Waals surface area (Å²) in [5, 5.41) is 0. The van der Waals surface area contributed by atoms with Crippen LogP contribution >= 0.6 is 15.9 Å². The van der Waals surface area contributed by atoms with Gasteiger partial charge in [-0.3, -0.25) is 24.2 Å². The lowest BCUT2D eigenvalue weighted by atomic mass is 9.78. The number of anilines is 2. The summed E-state index contributed by atoms with van der Waals surface area (Å²) in [5.74, 6) is -1.47. The molecule has 6 rings (SSSR count). The summed E-state index contributed by atoms with van der Waals surface area (Å²) in [6, 6.07) is 20.0. The Hall–Kier alpha value is -3.71. The Morgan fingerprint density at radius 1 is 0.914 bits per heavy atom. The van der Waals surface area contributed by atoms with Gasteiger partial charge in [-0.15, -0.1) is 0 Å². The molecule has 1 saturated heterocycles. The zero-order valence-electron chi connectivity index (χ0n) is 19.1. The molecule has 0 aliphatic carbocycles. The predicted molar refractivity (Wildman–Crippen MR) is 136 cm³/mol. The second kappa shape index (κ2) is 7.65. The molecule has 3 heterocycles. The lowest BCUT2D eigenvalue weighted by Crippen LogP contribution is -2.58. The molecule has 7 heteroatoms. The van der Waals surface area contributed by atoms with Gasteiger partial charge in [0.2, 0.25) is 0 Å². The fourth-order valence-electron chi connectivity index (χ4n) is 5.64. The first-order valence-electron chi connectivity index (χ1n) is 11.3. The number of fused-ring (bicyclic) bond motifs is 3. The lowest BCUT2D eigenvalue weighted by molar-refractivity contribution is -0.123. The van der Waals surface area contributed by atoms with Gasteiger partial charge < -0.3 is 4.74 Å². The highest BCUT2D eigenvalue weighted by Crippen LogP contribution is 2.52. The molecule has 1 spiro atoms. The number of Topliss-reactive ketones (excluding diaryl/α,β-unsaturated/α-hetero) is 1. The monoisotopic (exact) mass is 528 g/mol. The number of ketones is 1. The van der Waals surface area contributed by atoms with Crippen LogP contribution in [0.2, 0.25) is 0 Å². The molecule has 2 amide bonds. The Balaban J connectivity index is 1.63. The highest BCUT2D eigenvalue weighted by molar-refractivity contribution is 9.10. The first-order chi connectivity index (χ1) is 16.8. The number of carbonyl (C=O) groups excluding carboxylic acids is 3. The number of ether oxygens (including phenoxy) is 1. The molecule has 0 saturated carbocycles. The van der Waals surface area contributed by atoms with Crippen molar-refractivity contribution in [1.29, 1.82) is 0 Å². The number of aryl methyl sites for hydroxylation is 2. The molecule has 35 heavy (non-hydrogen) atoms. The molecule has 3 aromatic rings. The lowest BCUT2D eigenvalue weighted by Gasteiger charge is -2.38. The van der Waals surface area contributed by atoms with E-state index in [0.29, 0.717) is 22.7 Å². The molecule has 3 aliphatic rings. The van der Waals surface area contributed by atoms with Crippen LogP contribution in [0.3, 0.4) is 0 Å². The standard InChI is InChI=1S/C28H21BrN2O4/c1-16-7-5-8-17(2)24(16)30-26-23(25(33)20-11-3-4-12-21(20)35-26)28(27(30)34)14-13-22(32)31(28)19-10-6-9-18(29)15-19/h3-15,23,26H,1-2H3. The largest absolute Gasteiger partial charge is 0.468 e. The fourth-order valence-corrected chi connectivity index (χ4v) is 6.03. The van der Waals surface area contributed by atoms with E-state index < -0.39 is 17.7 Å². The Morgan fingerprint density at radius 3 is 2.37 bits per heavy atom. The van der Waals surface area contributed by atoms with Crippen LogP contribution in [0.4, 0.5) is 11.4 Å². The Kier molecular flexibility index (Phi) is 4.76. The molecule has 3 aliphatic heterocycles. The van der Waals surface area contributed by atoms with Crippen LogP contribution in [0, 0.1) is 19.8 Å². The predicted octanol–water partition coefficient (Wildman–Crippen LogP) is 4.97. The van der Waals surface area contributed by atoms with Gasteiger partial charge in [-0.1, -0.05) is 52.3 Å². The number of amides is 2. The summed E-state index contributed by atoms with van der Waals surface area (Å²) in [5.41, 5.74) is 1.83. The van der Waals surface area contributed by atoms with E-state index in [4.69, 9.17) is 4.74 Å². The normalized spacial score (nSPS) is 24.7. The molecule has 3 atom stereocenters. The van der Waals surface area contributed by atoms with E-state index in [2.05, 4.69) is 15.9 Å². The molecule has 174 valence electrons. The van der Waals surface area contributed by atoms with Crippen molar-refractivity contribution in [3.63, 3.8) is 0 Å². The van der Waals surface area contributed by atoms with Crippen molar-refractivity contribution < 1.29 is 19.1 Å². The number of halogens is 1. The van der Waals surface area contributed by atoms with Gasteiger partial charge in [0.15, 0.2) is 17.6 Å². The van der Waals surface area contributed by atoms with E-state index in [1.807, 2.05) is 38.1 Å². The van der Waals surface area contributed by atoms with E-state index in [0.717, 1.165) is 15.6 Å². The van der Waals surface area contributed by atoms with Gasteiger partial charge in [0.05, 0.1) is 11.3 Å². The zero-order valence-corrected chi connectivity index (χ0v) is 20.7. The Labute approximate surface area is 210 Å². The zero-order chi connectivity index (χ0) is 24.5. The number of benzene rings is 3. The molecule has 3 unspecified atom stereocenters. The van der Waals surface area contributed by atoms with Crippen molar-refractivity contribution >= 4 is 44.9 Å². The second-order valence-corrected chi connectivity index (χ2v) is 9.99. The van der Waals surface area contributed by atoms with Crippen molar-refractivity contribution in [3.05, 3.63) is 100 Å². The van der Waals surface area contributed by atoms with Crippen molar-refractivity contribution in [3.8, 4) is 5.75 Å². The second-order valence-electron chi connectivity index (χ2n) is 9.07. The molecule has 0 N–H and O–H groups in total. The molecule has 1 fully saturated rings. The van der Waals surface area contributed by atoms with Crippen LogP contribution in [0.1, 0.15) is 21.5 Å². The van der Waals surface area contributed by atoms with Crippen LogP contribution in [0.15, 0.2) is 83.4 Å². The number of carbonyl (C=O) groups is 3. The van der Waals surface area contributed by atoms with Crippen molar-refractivity contribution in [2.45, 2.75) is 25.6 Å². The molecular formula is C28H21BrN2O4. The quantitative estimate of drug-likeness (QED) is 0.470. The van der Waals surface area contributed by atoms with Gasteiger partial charge in [-0.25, -0.2) is 0 Å². The summed E-state index contributed by atoms with van der Waals surface area (Å²) in [6.45, 7) is 3.85. The third kappa shape index (κ3) is 2.91. The minimum Gasteiger partial charge on any atom is -0.468 e. The molecule has 0 aromatic heterocycles. The number of para-hydroxylation sites is 2. The minimum absolute atomic E-state index is 0.224. The molecule has 3 aromatic carbocycles. The number of hydrogen-bond acceptors (Lipinski definition) is 4. The molecular weight excluding hydrogens is 508 g/mol. The fraction of sp³-hybridized carbons (Fsp3) is 0.179. The summed E-state index contributed by atoms with van der Waals surface area (Å²) in [4.78, 5) is 44.9. The van der Waals surface area contributed by atoms with E-state index in [-0.39, 0.29) is 17.6 Å². The van der Waals surface area contributed by atoms with E-state index >= 15 is 0 Å². The van der Waals surface area contributed by atoms with Crippen LogP contribution in [0.5, 0.6) is 5.75 Å². The summed E-state index contributed by atoms with van der Waals surface area (Å²) >= 11 is 3.47. The van der Waals surface area contributed by atoms with Crippen LogP contribution in [0.25, 0.3) is 0 Å². The number of rotatable bonds is 2. The van der Waals surface area contributed by atoms with Crippen molar-refractivity contribution in [1.82, 2.24) is 0 Å². The summed E-state index contributed by atoms with van der Waals surface area (Å²) < 4.78 is 7.17. The van der Waals surface area contributed by atoms with E-state index in [1.165, 1.54) is 11.0 Å². The highest BCUT2D eigenvalue weighted by Gasteiger charge is 2.69. The summed E-state index contributed by atoms with van der Waals surface area (Å²) in [7, 11) is 0. The third-order valence-electron chi connectivity index (χ3n) is 7.08. The maximum atomic E-state index is 14.5.